The largest absolute Gasteiger partial charge is 0.374 e. The number of ether oxygens (including phenoxy) is 1. The summed E-state index contributed by atoms with van der Waals surface area (Å²) in [4.78, 5) is 0. The Kier molecular flexibility index (Phi) is 5.53. The molecule has 5 heteroatoms. The topological polar surface area (TPSA) is 47.3 Å². The average molecular weight is 275 g/mol. The molecule has 0 amide bonds. The minimum absolute atomic E-state index is 0.108. The fraction of sp³-hybridized carbons (Fsp3) is 0.538. The molecule has 0 heterocycles. The highest BCUT2D eigenvalue weighted by molar-refractivity contribution is 6.31. The van der Waals surface area contributed by atoms with Gasteiger partial charge in [-0.3, -0.25) is 11.3 Å². The number of nitrogens with two attached hydrogens (primary N) is 1. The molecule has 0 aliphatic rings. The molecular formula is C13H20ClFN2O. The lowest BCUT2D eigenvalue weighted by Crippen LogP contribution is -2.42. The molecule has 0 saturated heterocycles. The van der Waals surface area contributed by atoms with Gasteiger partial charge in [-0.15, -0.1) is 0 Å². The molecule has 1 aromatic rings. The van der Waals surface area contributed by atoms with Gasteiger partial charge in [0.15, 0.2) is 0 Å². The number of hydrogen-bond donors (Lipinski definition) is 2. The van der Waals surface area contributed by atoms with E-state index in [1.165, 1.54) is 12.1 Å². The highest BCUT2D eigenvalue weighted by Gasteiger charge is 2.16. The van der Waals surface area contributed by atoms with E-state index >= 15 is 0 Å². The summed E-state index contributed by atoms with van der Waals surface area (Å²) in [6.45, 7) is 6.34. The summed E-state index contributed by atoms with van der Waals surface area (Å²) in [6.07, 6.45) is 0.517. The Balaban J connectivity index is 2.65. The minimum atomic E-state index is -0.304. The SMILES string of the molecule is CC(C)(C)OCC(Cc1cc(F)ccc1Cl)NN. The van der Waals surface area contributed by atoms with E-state index in [0.717, 1.165) is 5.56 Å². The summed E-state index contributed by atoms with van der Waals surface area (Å²) in [5, 5.41) is 0.535. The van der Waals surface area contributed by atoms with Crippen LogP contribution in [0.5, 0.6) is 0 Å². The van der Waals surface area contributed by atoms with Gasteiger partial charge in [-0.2, -0.15) is 0 Å². The van der Waals surface area contributed by atoms with Crippen LogP contribution in [0.1, 0.15) is 26.3 Å². The van der Waals surface area contributed by atoms with Crippen LogP contribution in [-0.4, -0.2) is 18.2 Å². The fourth-order valence-electron chi connectivity index (χ4n) is 1.48. The number of halogens is 2. The first-order chi connectivity index (χ1) is 8.31. The van der Waals surface area contributed by atoms with Crippen LogP contribution in [0.15, 0.2) is 18.2 Å². The maximum Gasteiger partial charge on any atom is 0.123 e. The van der Waals surface area contributed by atoms with Gasteiger partial charge in [0, 0.05) is 11.1 Å². The van der Waals surface area contributed by atoms with Crippen LogP contribution in [-0.2, 0) is 11.2 Å². The van der Waals surface area contributed by atoms with Gasteiger partial charge in [0.25, 0.3) is 0 Å². The van der Waals surface area contributed by atoms with Crippen molar-refractivity contribution in [3.63, 3.8) is 0 Å². The standard InChI is InChI=1S/C13H20ClFN2O/c1-13(2,3)18-8-11(17-16)7-9-6-10(15)4-5-12(9)14/h4-6,11,17H,7-8,16H2,1-3H3. The Morgan fingerprint density at radius 1 is 1.44 bits per heavy atom. The number of benzene rings is 1. The molecule has 1 aromatic carbocycles. The molecule has 1 atom stereocenters. The van der Waals surface area contributed by atoms with Crippen molar-refractivity contribution in [2.24, 2.45) is 5.84 Å². The molecule has 0 fully saturated rings. The highest BCUT2D eigenvalue weighted by Crippen LogP contribution is 2.19. The molecule has 0 spiro atoms. The Morgan fingerprint density at radius 2 is 2.11 bits per heavy atom. The highest BCUT2D eigenvalue weighted by atomic mass is 35.5. The predicted molar refractivity (Wildman–Crippen MR) is 71.9 cm³/mol. The smallest absolute Gasteiger partial charge is 0.123 e. The Morgan fingerprint density at radius 3 is 2.67 bits per heavy atom. The van der Waals surface area contributed by atoms with Crippen LogP contribution in [0.3, 0.4) is 0 Å². The van der Waals surface area contributed by atoms with Crippen LogP contribution in [0, 0.1) is 5.82 Å². The molecule has 0 aliphatic heterocycles. The maximum atomic E-state index is 13.1. The first-order valence-corrected chi connectivity index (χ1v) is 6.23. The predicted octanol–water partition coefficient (Wildman–Crippen LogP) is 2.67. The summed E-state index contributed by atoms with van der Waals surface area (Å²) in [6, 6.07) is 4.19. The van der Waals surface area contributed by atoms with Crippen LogP contribution in [0.2, 0.25) is 5.02 Å². The third kappa shape index (κ3) is 5.31. The molecule has 0 bridgehead atoms. The molecule has 0 aromatic heterocycles. The van der Waals surface area contributed by atoms with Crippen molar-refractivity contribution in [2.75, 3.05) is 6.61 Å². The third-order valence-corrected chi connectivity index (χ3v) is 2.80. The second-order valence-corrected chi connectivity index (χ2v) is 5.63. The van der Waals surface area contributed by atoms with Gasteiger partial charge in [-0.1, -0.05) is 11.6 Å². The zero-order valence-electron chi connectivity index (χ0n) is 11.0. The molecule has 0 aliphatic carbocycles. The van der Waals surface area contributed by atoms with Gasteiger partial charge in [0.1, 0.15) is 5.82 Å². The van der Waals surface area contributed by atoms with Crippen LogP contribution in [0.25, 0.3) is 0 Å². The number of hydrogen-bond acceptors (Lipinski definition) is 3. The van der Waals surface area contributed by atoms with E-state index < -0.39 is 0 Å². The molecule has 0 saturated carbocycles. The fourth-order valence-corrected chi connectivity index (χ4v) is 1.68. The Hall–Kier alpha value is -0.680. The lowest BCUT2D eigenvalue weighted by molar-refractivity contribution is -0.0143. The molecule has 3 nitrogen and oxygen atoms in total. The first kappa shape index (κ1) is 15.4. The minimum Gasteiger partial charge on any atom is -0.374 e. The monoisotopic (exact) mass is 274 g/mol. The van der Waals surface area contributed by atoms with Gasteiger partial charge >= 0.3 is 0 Å². The molecule has 1 rings (SSSR count). The van der Waals surface area contributed by atoms with Crippen LogP contribution >= 0.6 is 11.6 Å². The van der Waals surface area contributed by atoms with Crippen LogP contribution < -0.4 is 11.3 Å². The summed E-state index contributed by atoms with van der Waals surface area (Å²) in [5.41, 5.74) is 3.15. The van der Waals surface area contributed by atoms with Crippen molar-refractivity contribution in [2.45, 2.75) is 38.8 Å². The second kappa shape index (κ2) is 6.48. The average Bonchev–Trinajstić information content (AvgIpc) is 2.27. The van der Waals surface area contributed by atoms with Crippen molar-refractivity contribution in [3.05, 3.63) is 34.6 Å². The summed E-state index contributed by atoms with van der Waals surface area (Å²) >= 11 is 6.01. The summed E-state index contributed by atoms with van der Waals surface area (Å²) in [5.74, 6) is 5.17. The number of nitrogens with one attached hydrogen (secondary N) is 1. The molecule has 3 N–H and O–H groups in total. The van der Waals surface area contributed by atoms with E-state index in [1.807, 2.05) is 20.8 Å². The molecule has 1 unspecified atom stereocenters. The molecule has 18 heavy (non-hydrogen) atoms. The lowest BCUT2D eigenvalue weighted by Gasteiger charge is -2.24. The van der Waals surface area contributed by atoms with Crippen LogP contribution in [0.4, 0.5) is 4.39 Å². The molecular weight excluding hydrogens is 255 g/mol. The van der Waals surface area contributed by atoms with Crippen molar-refractivity contribution < 1.29 is 9.13 Å². The van der Waals surface area contributed by atoms with Gasteiger partial charge in [-0.25, -0.2) is 4.39 Å². The van der Waals surface area contributed by atoms with Gasteiger partial charge in [0.05, 0.1) is 12.2 Å². The zero-order chi connectivity index (χ0) is 13.8. The van der Waals surface area contributed by atoms with Crippen molar-refractivity contribution >= 4 is 11.6 Å². The van der Waals surface area contributed by atoms with E-state index in [-0.39, 0.29) is 17.5 Å². The van der Waals surface area contributed by atoms with E-state index in [2.05, 4.69) is 5.43 Å². The third-order valence-electron chi connectivity index (χ3n) is 2.43. The van der Waals surface area contributed by atoms with E-state index in [4.69, 9.17) is 22.2 Å². The normalized spacial score (nSPS) is 13.7. The second-order valence-electron chi connectivity index (χ2n) is 5.23. The zero-order valence-corrected chi connectivity index (χ0v) is 11.7. The lowest BCUT2D eigenvalue weighted by atomic mass is 10.1. The Bertz CT molecular complexity index is 393. The van der Waals surface area contributed by atoms with Gasteiger partial charge in [-0.05, 0) is 51.0 Å². The maximum absolute atomic E-state index is 13.1. The number of rotatable bonds is 5. The summed E-state index contributed by atoms with van der Waals surface area (Å²) < 4.78 is 18.8. The summed E-state index contributed by atoms with van der Waals surface area (Å²) in [7, 11) is 0. The van der Waals surface area contributed by atoms with Crippen molar-refractivity contribution in [1.29, 1.82) is 0 Å². The van der Waals surface area contributed by atoms with E-state index in [9.17, 15) is 4.39 Å². The number of hydrazine groups is 1. The van der Waals surface area contributed by atoms with Crippen molar-refractivity contribution in [3.8, 4) is 0 Å². The first-order valence-electron chi connectivity index (χ1n) is 5.86. The van der Waals surface area contributed by atoms with Gasteiger partial charge in [0.2, 0.25) is 0 Å². The van der Waals surface area contributed by atoms with E-state index in [0.29, 0.717) is 18.1 Å². The van der Waals surface area contributed by atoms with Gasteiger partial charge < -0.3 is 4.74 Å². The molecule has 0 radical (unpaired) electrons. The Labute approximate surface area is 112 Å². The van der Waals surface area contributed by atoms with Crippen molar-refractivity contribution in [1.82, 2.24) is 5.43 Å². The van der Waals surface area contributed by atoms with E-state index in [1.54, 1.807) is 6.07 Å². The molecule has 102 valence electrons. The quantitative estimate of drug-likeness (QED) is 0.641.